The predicted molar refractivity (Wildman–Crippen MR) is 59.5 cm³/mol. The summed E-state index contributed by atoms with van der Waals surface area (Å²) < 4.78 is 5.18. The summed E-state index contributed by atoms with van der Waals surface area (Å²) in [4.78, 5) is 18.2. The molecule has 0 amide bonds. The molecule has 1 N–H and O–H groups in total. The number of aliphatic carboxylic acids is 1. The van der Waals surface area contributed by atoms with Gasteiger partial charge in [0.15, 0.2) is 0 Å². The molecule has 0 radical (unpaired) electrons. The van der Waals surface area contributed by atoms with Gasteiger partial charge in [-0.1, -0.05) is 0 Å². The number of ether oxygens (including phenoxy) is 1. The van der Waals surface area contributed by atoms with E-state index in [2.05, 4.69) is 4.98 Å². The lowest BCUT2D eigenvalue weighted by molar-refractivity contribution is -0.150. The van der Waals surface area contributed by atoms with E-state index < -0.39 is 12.0 Å². The quantitative estimate of drug-likeness (QED) is 0.847. The smallest absolute Gasteiger partial charge is 0.323 e. The van der Waals surface area contributed by atoms with Crippen LogP contribution in [0.4, 0.5) is 0 Å². The van der Waals surface area contributed by atoms with Gasteiger partial charge in [0, 0.05) is 24.2 Å². The normalized spacial score (nSPS) is 22.2. The van der Waals surface area contributed by atoms with Crippen LogP contribution in [-0.2, 0) is 16.1 Å². The Labute approximate surface area is 97.7 Å². The van der Waals surface area contributed by atoms with Crippen LogP contribution in [0.1, 0.15) is 9.88 Å². The van der Waals surface area contributed by atoms with E-state index in [0.29, 0.717) is 19.7 Å². The molecule has 1 atom stereocenters. The minimum atomic E-state index is -0.819. The zero-order chi connectivity index (χ0) is 11.5. The number of hydrogen-bond donors (Lipinski definition) is 1. The van der Waals surface area contributed by atoms with E-state index in [9.17, 15) is 4.79 Å². The highest BCUT2D eigenvalue weighted by Crippen LogP contribution is 2.17. The van der Waals surface area contributed by atoms with Gasteiger partial charge < -0.3 is 9.84 Å². The van der Waals surface area contributed by atoms with Crippen LogP contribution in [0.25, 0.3) is 0 Å². The van der Waals surface area contributed by atoms with E-state index in [1.54, 1.807) is 11.3 Å². The van der Waals surface area contributed by atoms with E-state index in [0.717, 1.165) is 9.88 Å². The number of aryl methyl sites for hydroxylation is 1. The summed E-state index contributed by atoms with van der Waals surface area (Å²) in [5, 5.41) is 10.1. The molecule has 0 saturated carbocycles. The summed E-state index contributed by atoms with van der Waals surface area (Å²) in [6.07, 6.45) is 1.81. The molecule has 0 aliphatic carbocycles. The van der Waals surface area contributed by atoms with Gasteiger partial charge in [-0.05, 0) is 6.92 Å². The summed E-state index contributed by atoms with van der Waals surface area (Å²) in [5.74, 6) is -0.819. The van der Waals surface area contributed by atoms with Crippen molar-refractivity contribution in [2.45, 2.75) is 19.5 Å². The molecule has 5 nitrogen and oxygen atoms in total. The van der Waals surface area contributed by atoms with Crippen molar-refractivity contribution in [1.29, 1.82) is 0 Å². The van der Waals surface area contributed by atoms with E-state index in [-0.39, 0.29) is 6.61 Å². The average Bonchev–Trinajstić information content (AvgIpc) is 2.64. The molecule has 16 heavy (non-hydrogen) atoms. The Morgan fingerprint density at radius 1 is 1.81 bits per heavy atom. The molecule has 1 aliphatic heterocycles. The number of morpholine rings is 1. The molecule has 1 unspecified atom stereocenters. The van der Waals surface area contributed by atoms with E-state index >= 15 is 0 Å². The standard InChI is InChI=1S/C10H14N2O3S/c1-7-11-4-8(16-7)5-12-2-3-15-6-9(12)10(13)14/h4,9H,2-3,5-6H2,1H3,(H,13,14). The predicted octanol–water partition coefficient (Wildman–Crippen LogP) is 0.737. The lowest BCUT2D eigenvalue weighted by atomic mass is 10.2. The zero-order valence-corrected chi connectivity index (χ0v) is 9.87. The average molecular weight is 242 g/mol. The second-order valence-electron chi connectivity index (χ2n) is 3.75. The fraction of sp³-hybridized carbons (Fsp3) is 0.600. The summed E-state index contributed by atoms with van der Waals surface area (Å²) in [5.41, 5.74) is 0. The SMILES string of the molecule is Cc1ncc(CN2CCOCC2C(=O)O)s1. The summed E-state index contributed by atoms with van der Waals surface area (Å²) >= 11 is 1.61. The van der Waals surface area contributed by atoms with Gasteiger partial charge in [0.25, 0.3) is 0 Å². The van der Waals surface area contributed by atoms with Crippen molar-refractivity contribution in [3.63, 3.8) is 0 Å². The third kappa shape index (κ3) is 2.58. The van der Waals surface area contributed by atoms with E-state index in [1.807, 2.05) is 18.0 Å². The molecule has 0 spiro atoms. The number of carboxylic acid groups (broad SMARTS) is 1. The van der Waals surface area contributed by atoms with Crippen LogP contribution in [0, 0.1) is 6.92 Å². The van der Waals surface area contributed by atoms with Gasteiger partial charge in [-0.25, -0.2) is 4.98 Å². The van der Waals surface area contributed by atoms with Crippen molar-refractivity contribution in [2.75, 3.05) is 19.8 Å². The first-order valence-electron chi connectivity index (χ1n) is 5.12. The van der Waals surface area contributed by atoms with Crippen molar-refractivity contribution in [2.24, 2.45) is 0 Å². The Morgan fingerprint density at radius 2 is 2.62 bits per heavy atom. The molecule has 1 aliphatic rings. The Morgan fingerprint density at radius 3 is 3.25 bits per heavy atom. The number of hydrogen-bond acceptors (Lipinski definition) is 5. The number of rotatable bonds is 3. The van der Waals surface area contributed by atoms with Gasteiger partial charge in [-0.2, -0.15) is 0 Å². The first kappa shape index (κ1) is 11.5. The molecule has 0 aromatic carbocycles. The topological polar surface area (TPSA) is 62.7 Å². The maximum Gasteiger partial charge on any atom is 0.323 e. The van der Waals surface area contributed by atoms with E-state index in [1.165, 1.54) is 0 Å². The third-order valence-corrected chi connectivity index (χ3v) is 3.45. The molecule has 6 heteroatoms. The maximum atomic E-state index is 11.0. The van der Waals surface area contributed by atoms with Crippen molar-refractivity contribution in [1.82, 2.24) is 9.88 Å². The lowest BCUT2D eigenvalue weighted by Gasteiger charge is -2.32. The second kappa shape index (κ2) is 4.90. The number of nitrogens with zero attached hydrogens (tertiary/aromatic N) is 2. The van der Waals surface area contributed by atoms with Crippen LogP contribution in [0.2, 0.25) is 0 Å². The number of carboxylic acids is 1. The van der Waals surface area contributed by atoms with Crippen molar-refractivity contribution < 1.29 is 14.6 Å². The zero-order valence-electron chi connectivity index (χ0n) is 9.05. The van der Waals surface area contributed by atoms with Crippen LogP contribution in [0.5, 0.6) is 0 Å². The number of thiazole rings is 1. The highest BCUT2D eigenvalue weighted by molar-refractivity contribution is 7.11. The number of aromatic nitrogens is 1. The van der Waals surface area contributed by atoms with Gasteiger partial charge in [0.2, 0.25) is 0 Å². The molecule has 2 rings (SSSR count). The molecule has 1 aromatic rings. The minimum absolute atomic E-state index is 0.271. The van der Waals surface area contributed by atoms with Crippen molar-refractivity contribution in [3.05, 3.63) is 16.1 Å². The van der Waals surface area contributed by atoms with Crippen molar-refractivity contribution in [3.8, 4) is 0 Å². The Bertz CT molecular complexity index is 380. The van der Waals surface area contributed by atoms with Crippen LogP contribution in [0.15, 0.2) is 6.20 Å². The molecule has 2 heterocycles. The fourth-order valence-electron chi connectivity index (χ4n) is 1.73. The highest BCUT2D eigenvalue weighted by atomic mass is 32.1. The van der Waals surface area contributed by atoms with Crippen LogP contribution in [-0.4, -0.2) is 46.8 Å². The van der Waals surface area contributed by atoms with Gasteiger partial charge in [0.1, 0.15) is 6.04 Å². The highest BCUT2D eigenvalue weighted by Gasteiger charge is 2.29. The lowest BCUT2D eigenvalue weighted by Crippen LogP contribution is -2.49. The minimum Gasteiger partial charge on any atom is -0.480 e. The van der Waals surface area contributed by atoms with Gasteiger partial charge >= 0.3 is 5.97 Å². The molecule has 1 saturated heterocycles. The number of carbonyl (C=O) groups is 1. The molecular weight excluding hydrogens is 228 g/mol. The molecule has 1 aromatic heterocycles. The Hall–Kier alpha value is -0.980. The summed E-state index contributed by atoms with van der Waals surface area (Å²) in [7, 11) is 0. The van der Waals surface area contributed by atoms with Crippen molar-refractivity contribution >= 4 is 17.3 Å². The summed E-state index contributed by atoms with van der Waals surface area (Å²) in [6.45, 7) is 4.12. The van der Waals surface area contributed by atoms with Crippen LogP contribution in [0.3, 0.4) is 0 Å². The van der Waals surface area contributed by atoms with E-state index in [4.69, 9.17) is 9.84 Å². The van der Waals surface area contributed by atoms with Gasteiger partial charge in [0.05, 0.1) is 18.2 Å². The van der Waals surface area contributed by atoms with Crippen LogP contribution < -0.4 is 0 Å². The Kier molecular flexibility index (Phi) is 3.52. The molecule has 88 valence electrons. The molecule has 1 fully saturated rings. The maximum absolute atomic E-state index is 11.0. The second-order valence-corrected chi connectivity index (χ2v) is 5.06. The largest absolute Gasteiger partial charge is 0.480 e. The Balaban J connectivity index is 2.03. The molecule has 0 bridgehead atoms. The molecular formula is C10H14N2O3S. The summed E-state index contributed by atoms with van der Waals surface area (Å²) in [6, 6.07) is -0.531. The fourth-order valence-corrected chi connectivity index (χ4v) is 2.55. The first-order valence-corrected chi connectivity index (χ1v) is 5.94. The third-order valence-electron chi connectivity index (χ3n) is 2.55. The van der Waals surface area contributed by atoms with Gasteiger partial charge in [-0.15, -0.1) is 11.3 Å². The van der Waals surface area contributed by atoms with Crippen LogP contribution >= 0.6 is 11.3 Å². The van der Waals surface area contributed by atoms with Gasteiger partial charge in [-0.3, -0.25) is 9.69 Å². The first-order chi connectivity index (χ1) is 7.66. The monoisotopic (exact) mass is 242 g/mol.